The molecule has 0 spiro atoms. The van der Waals surface area contributed by atoms with Crippen LogP contribution in [0.3, 0.4) is 0 Å². The minimum atomic E-state index is -0.298. The molecule has 0 saturated heterocycles. The first-order chi connectivity index (χ1) is 8.20. The molecule has 0 aliphatic heterocycles. The molecular weight excluding hydrogens is 289 g/mol. The van der Waals surface area contributed by atoms with E-state index >= 15 is 0 Å². The molecule has 2 rings (SSSR count). The van der Waals surface area contributed by atoms with Gasteiger partial charge in [-0.05, 0) is 24.1 Å². The Morgan fingerprint density at radius 3 is 2.94 bits per heavy atom. The maximum Gasteiger partial charge on any atom is 0.143 e. The minimum Gasteiger partial charge on any atom is -0.271 e. The number of rotatable bonds is 4. The van der Waals surface area contributed by atoms with Crippen molar-refractivity contribution in [3.05, 3.63) is 46.2 Å². The van der Waals surface area contributed by atoms with Gasteiger partial charge in [-0.25, -0.2) is 14.8 Å². The van der Waals surface area contributed by atoms with Crippen molar-refractivity contribution < 1.29 is 4.39 Å². The second-order valence-corrected chi connectivity index (χ2v) is 4.45. The molecule has 0 amide bonds. The number of nitrogens with zero attached hydrogens (tertiary/aromatic N) is 2. The van der Waals surface area contributed by atoms with E-state index in [2.05, 4.69) is 36.5 Å². The number of hydrazine groups is 1. The molecule has 90 valence electrons. The van der Waals surface area contributed by atoms with Gasteiger partial charge >= 0.3 is 0 Å². The summed E-state index contributed by atoms with van der Waals surface area (Å²) in [6, 6.07) is 4.61. The second-order valence-electron chi connectivity index (χ2n) is 3.53. The molecule has 0 saturated carbocycles. The molecule has 2 aromatic rings. The van der Waals surface area contributed by atoms with Crippen LogP contribution in [0.15, 0.2) is 29.0 Å². The lowest BCUT2D eigenvalue weighted by Crippen LogP contribution is -2.30. The van der Waals surface area contributed by atoms with Gasteiger partial charge in [-0.3, -0.25) is 10.9 Å². The van der Waals surface area contributed by atoms with Crippen LogP contribution in [0, 0.1) is 5.82 Å². The standard InChI is InChI=1S/C10H11BrFN5/c11-7-2-1-6(8(12)4-7)3-9(16-13)10-14-5-15-17-10/h1-2,4-5,9,16H,3,13H2,(H,14,15,17). The first kappa shape index (κ1) is 12.2. The zero-order valence-corrected chi connectivity index (χ0v) is 10.4. The molecule has 0 fully saturated rings. The van der Waals surface area contributed by atoms with Crippen LogP contribution in [0.1, 0.15) is 17.4 Å². The molecule has 0 aliphatic rings. The maximum atomic E-state index is 13.6. The van der Waals surface area contributed by atoms with Crippen molar-refractivity contribution in [3.63, 3.8) is 0 Å². The molecule has 4 N–H and O–H groups in total. The van der Waals surface area contributed by atoms with Crippen LogP contribution < -0.4 is 11.3 Å². The lowest BCUT2D eigenvalue weighted by Gasteiger charge is -2.13. The summed E-state index contributed by atoms with van der Waals surface area (Å²) in [5.74, 6) is 5.72. The highest BCUT2D eigenvalue weighted by molar-refractivity contribution is 9.10. The lowest BCUT2D eigenvalue weighted by atomic mass is 10.1. The number of H-pyrrole nitrogens is 1. The summed E-state index contributed by atoms with van der Waals surface area (Å²) >= 11 is 3.21. The molecule has 1 unspecified atom stereocenters. The minimum absolute atomic E-state index is 0.279. The zero-order valence-electron chi connectivity index (χ0n) is 8.82. The van der Waals surface area contributed by atoms with Gasteiger partial charge < -0.3 is 0 Å². The quantitative estimate of drug-likeness (QED) is 0.590. The number of halogens is 2. The molecule has 1 atom stereocenters. The molecule has 17 heavy (non-hydrogen) atoms. The van der Waals surface area contributed by atoms with Crippen LogP contribution >= 0.6 is 15.9 Å². The van der Waals surface area contributed by atoms with E-state index in [0.717, 1.165) is 0 Å². The SMILES string of the molecule is NNC(Cc1ccc(Br)cc1F)c1ncn[nH]1. The van der Waals surface area contributed by atoms with E-state index < -0.39 is 0 Å². The van der Waals surface area contributed by atoms with Gasteiger partial charge in [0.05, 0.1) is 6.04 Å². The van der Waals surface area contributed by atoms with Crippen molar-refractivity contribution in [2.24, 2.45) is 5.84 Å². The smallest absolute Gasteiger partial charge is 0.143 e. The van der Waals surface area contributed by atoms with E-state index in [9.17, 15) is 4.39 Å². The summed E-state index contributed by atoms with van der Waals surface area (Å²) in [7, 11) is 0. The third kappa shape index (κ3) is 2.87. The summed E-state index contributed by atoms with van der Waals surface area (Å²) in [5.41, 5.74) is 3.15. The normalized spacial score (nSPS) is 12.6. The Bertz CT molecular complexity index is 487. The highest BCUT2D eigenvalue weighted by Crippen LogP contribution is 2.20. The Morgan fingerprint density at radius 2 is 2.35 bits per heavy atom. The second kappa shape index (κ2) is 5.35. The summed E-state index contributed by atoms with van der Waals surface area (Å²) in [6.45, 7) is 0. The first-order valence-corrected chi connectivity index (χ1v) is 5.75. The fourth-order valence-corrected chi connectivity index (χ4v) is 1.86. The molecule has 0 bridgehead atoms. The molecule has 0 radical (unpaired) electrons. The Morgan fingerprint density at radius 1 is 1.53 bits per heavy atom. The molecule has 7 heteroatoms. The Balaban J connectivity index is 2.19. The number of hydrogen-bond donors (Lipinski definition) is 3. The molecule has 1 aromatic carbocycles. The van der Waals surface area contributed by atoms with Crippen LogP contribution in [0.25, 0.3) is 0 Å². The van der Waals surface area contributed by atoms with Crippen molar-refractivity contribution in [2.45, 2.75) is 12.5 Å². The highest BCUT2D eigenvalue weighted by Gasteiger charge is 2.15. The fraction of sp³-hybridized carbons (Fsp3) is 0.200. The fourth-order valence-electron chi connectivity index (χ4n) is 1.52. The van der Waals surface area contributed by atoms with Gasteiger partial charge in [0.25, 0.3) is 0 Å². The van der Waals surface area contributed by atoms with Gasteiger partial charge in [0.1, 0.15) is 18.0 Å². The van der Waals surface area contributed by atoms with E-state index in [1.807, 2.05) is 0 Å². The average Bonchev–Trinajstić information content (AvgIpc) is 2.81. The first-order valence-electron chi connectivity index (χ1n) is 4.96. The lowest BCUT2D eigenvalue weighted by molar-refractivity contribution is 0.508. The van der Waals surface area contributed by atoms with Gasteiger partial charge in [0.2, 0.25) is 0 Å². The van der Waals surface area contributed by atoms with E-state index in [1.54, 1.807) is 12.1 Å². The molecule has 0 aliphatic carbocycles. The molecular formula is C10H11BrFN5. The number of aromatic amines is 1. The summed E-state index contributed by atoms with van der Waals surface area (Å²) in [6.07, 6.45) is 1.78. The summed E-state index contributed by atoms with van der Waals surface area (Å²) in [5, 5.41) is 6.44. The van der Waals surface area contributed by atoms with E-state index in [-0.39, 0.29) is 11.9 Å². The summed E-state index contributed by atoms with van der Waals surface area (Å²) in [4.78, 5) is 3.99. The predicted octanol–water partition coefficient (Wildman–Crippen LogP) is 1.45. The Labute approximate surface area is 106 Å². The van der Waals surface area contributed by atoms with Gasteiger partial charge in [-0.1, -0.05) is 22.0 Å². The Hall–Kier alpha value is -1.31. The molecule has 1 heterocycles. The number of aromatic nitrogens is 3. The largest absolute Gasteiger partial charge is 0.271 e. The maximum absolute atomic E-state index is 13.6. The average molecular weight is 300 g/mol. The van der Waals surface area contributed by atoms with Crippen molar-refractivity contribution in [3.8, 4) is 0 Å². The number of benzene rings is 1. The van der Waals surface area contributed by atoms with Crippen LogP contribution in [-0.2, 0) is 6.42 Å². The third-order valence-corrected chi connectivity index (χ3v) is 2.90. The van der Waals surface area contributed by atoms with Crippen LogP contribution in [0.5, 0.6) is 0 Å². The van der Waals surface area contributed by atoms with Crippen molar-refractivity contribution in [1.29, 1.82) is 0 Å². The number of nitrogens with two attached hydrogens (primary N) is 1. The van der Waals surface area contributed by atoms with Crippen molar-refractivity contribution in [1.82, 2.24) is 20.6 Å². The monoisotopic (exact) mass is 299 g/mol. The van der Waals surface area contributed by atoms with Crippen molar-refractivity contribution in [2.75, 3.05) is 0 Å². The topological polar surface area (TPSA) is 79.6 Å². The highest BCUT2D eigenvalue weighted by atomic mass is 79.9. The zero-order chi connectivity index (χ0) is 12.3. The van der Waals surface area contributed by atoms with Crippen LogP contribution in [-0.4, -0.2) is 15.2 Å². The summed E-state index contributed by atoms with van der Waals surface area (Å²) < 4.78 is 14.3. The molecule has 1 aromatic heterocycles. The van der Waals surface area contributed by atoms with Gasteiger partial charge in [-0.15, -0.1) is 0 Å². The van der Waals surface area contributed by atoms with E-state index in [0.29, 0.717) is 22.3 Å². The van der Waals surface area contributed by atoms with Crippen LogP contribution in [0.4, 0.5) is 4.39 Å². The predicted molar refractivity (Wildman–Crippen MR) is 64.3 cm³/mol. The van der Waals surface area contributed by atoms with Crippen molar-refractivity contribution >= 4 is 15.9 Å². The van der Waals surface area contributed by atoms with Crippen LogP contribution in [0.2, 0.25) is 0 Å². The van der Waals surface area contributed by atoms with Gasteiger partial charge in [-0.2, -0.15) is 5.10 Å². The Kier molecular flexibility index (Phi) is 3.82. The van der Waals surface area contributed by atoms with E-state index in [4.69, 9.17) is 5.84 Å². The van der Waals surface area contributed by atoms with Gasteiger partial charge in [0.15, 0.2) is 0 Å². The van der Waals surface area contributed by atoms with Gasteiger partial charge in [0, 0.05) is 4.47 Å². The number of nitrogens with one attached hydrogen (secondary N) is 2. The number of hydrogen-bond acceptors (Lipinski definition) is 4. The third-order valence-electron chi connectivity index (χ3n) is 2.40. The van der Waals surface area contributed by atoms with E-state index in [1.165, 1.54) is 12.4 Å². The molecule has 5 nitrogen and oxygen atoms in total.